The molecule has 1 aliphatic heterocycles. The monoisotopic (exact) mass is 370 g/mol. The van der Waals surface area contributed by atoms with Gasteiger partial charge in [0.15, 0.2) is 11.6 Å². The molecule has 0 aliphatic carbocycles. The largest absolute Gasteiger partial charge is 0.506 e. The molecule has 2 atom stereocenters. The van der Waals surface area contributed by atoms with E-state index in [-0.39, 0.29) is 23.4 Å². The molecule has 0 bridgehead atoms. The van der Waals surface area contributed by atoms with Crippen LogP contribution in [-0.4, -0.2) is 50.9 Å². The zero-order valence-electron chi connectivity index (χ0n) is 15.5. The number of hydrogen-bond acceptors (Lipinski definition) is 4. The Bertz CT molecular complexity index is 514. The van der Waals surface area contributed by atoms with Crippen LogP contribution in [0.4, 0.5) is 0 Å². The van der Waals surface area contributed by atoms with Gasteiger partial charge < -0.3 is 15.3 Å². The van der Waals surface area contributed by atoms with Gasteiger partial charge in [-0.25, -0.2) is 0 Å². The summed E-state index contributed by atoms with van der Waals surface area (Å²) in [5.41, 5.74) is 10.2. The molecule has 0 aromatic heterocycles. The van der Waals surface area contributed by atoms with E-state index < -0.39 is 18.1 Å². The van der Waals surface area contributed by atoms with Crippen molar-refractivity contribution >= 4 is 29.3 Å². The molecule has 0 amide bonds. The molecule has 7 heteroatoms. The lowest BCUT2D eigenvalue weighted by atomic mass is 9.84. The molecule has 0 aromatic rings. The van der Waals surface area contributed by atoms with Gasteiger partial charge in [0.1, 0.15) is 0 Å². The second-order valence-corrected chi connectivity index (χ2v) is 9.10. The Morgan fingerprint density at radius 1 is 1.28 bits per heavy atom. The standard InChI is InChI=1S/C18H30N2O4S/c1-18(2,3)12-16(22)13-7-8-15(21)14(20(13)19)9-11-25-10-5-4-6-17(23)24/h13-14H,4-12H2,1-3H3,(H,23,24). The Morgan fingerprint density at radius 2 is 1.96 bits per heavy atom. The maximum atomic E-state index is 12.4. The highest BCUT2D eigenvalue weighted by atomic mass is 32.2. The number of nitrogens with zero attached hydrogens (tertiary/aromatic N) is 2. The maximum Gasteiger partial charge on any atom is 0.303 e. The molecule has 0 aromatic carbocycles. The first-order chi connectivity index (χ1) is 11.6. The molecule has 1 N–H and O–H groups in total. The second kappa shape index (κ2) is 10.0. The van der Waals surface area contributed by atoms with Crippen molar-refractivity contribution in [3.63, 3.8) is 0 Å². The van der Waals surface area contributed by atoms with E-state index in [1.165, 1.54) is 0 Å². The number of thioether (sulfide) groups is 1. The van der Waals surface area contributed by atoms with Gasteiger partial charge in [0, 0.05) is 37.9 Å². The number of Topliss-reactive ketones (excluding diaryl/α,β-unsaturated/α-hetero) is 2. The molecular formula is C18H30N2O4S. The highest BCUT2D eigenvalue weighted by Crippen LogP contribution is 2.26. The minimum atomic E-state index is -0.778. The maximum absolute atomic E-state index is 12.4. The zero-order chi connectivity index (χ0) is 19.0. The first kappa shape index (κ1) is 21.8. The smallest absolute Gasteiger partial charge is 0.303 e. The number of hydrogen-bond donors (Lipinski definition) is 1. The van der Waals surface area contributed by atoms with Crippen LogP contribution in [0, 0.1) is 5.41 Å². The Morgan fingerprint density at radius 3 is 2.56 bits per heavy atom. The van der Waals surface area contributed by atoms with Crippen LogP contribution in [0.5, 0.6) is 0 Å². The summed E-state index contributed by atoms with van der Waals surface area (Å²) in [6.45, 7) is 5.96. The van der Waals surface area contributed by atoms with Crippen molar-refractivity contribution in [2.45, 2.75) is 77.8 Å². The number of carbonyl (C=O) groups is 3. The van der Waals surface area contributed by atoms with Crippen LogP contribution < -0.4 is 0 Å². The molecule has 0 radical (unpaired) electrons. The molecule has 1 rings (SSSR count). The number of rotatable bonds is 10. The SMILES string of the molecule is CC(C)(C)CC(=O)C1CCC(=O)C(CCSCCCCC(=O)O)[N+]1=[N-]. The van der Waals surface area contributed by atoms with Crippen LogP contribution >= 0.6 is 11.8 Å². The number of unbranched alkanes of at least 4 members (excludes halogenated alkanes) is 1. The van der Waals surface area contributed by atoms with Crippen LogP contribution in [0.2, 0.25) is 0 Å². The second-order valence-electron chi connectivity index (χ2n) is 7.87. The molecule has 25 heavy (non-hydrogen) atoms. The molecule has 1 aliphatic rings. The summed E-state index contributed by atoms with van der Waals surface area (Å²) >= 11 is 1.65. The Hall–Kier alpha value is -1.24. The van der Waals surface area contributed by atoms with Gasteiger partial charge in [-0.1, -0.05) is 20.8 Å². The Balaban J connectivity index is 2.42. The molecule has 1 fully saturated rings. The third-order valence-corrected chi connectivity index (χ3v) is 5.32. The molecule has 1 saturated heterocycles. The van der Waals surface area contributed by atoms with Gasteiger partial charge in [0.2, 0.25) is 12.1 Å². The number of aliphatic carboxylic acids is 1. The van der Waals surface area contributed by atoms with E-state index in [1.807, 2.05) is 20.8 Å². The molecule has 142 valence electrons. The van der Waals surface area contributed by atoms with E-state index in [0.717, 1.165) is 16.9 Å². The van der Waals surface area contributed by atoms with Crippen LogP contribution in [0.1, 0.15) is 65.7 Å². The Kier molecular flexibility index (Phi) is 8.76. The minimum absolute atomic E-state index is 0.00572. The van der Waals surface area contributed by atoms with Crippen molar-refractivity contribution in [3.05, 3.63) is 5.53 Å². The summed E-state index contributed by atoms with van der Waals surface area (Å²) in [4.78, 5) is 35.0. The average Bonchev–Trinajstić information content (AvgIpc) is 2.46. The van der Waals surface area contributed by atoms with Gasteiger partial charge in [0.05, 0.1) is 0 Å². The van der Waals surface area contributed by atoms with E-state index in [1.54, 1.807) is 11.8 Å². The van der Waals surface area contributed by atoms with Crippen LogP contribution in [0.3, 0.4) is 0 Å². The van der Waals surface area contributed by atoms with Crippen molar-refractivity contribution in [1.82, 2.24) is 0 Å². The number of carboxylic acids is 1. The van der Waals surface area contributed by atoms with Crippen molar-refractivity contribution in [3.8, 4) is 0 Å². The highest BCUT2D eigenvalue weighted by molar-refractivity contribution is 7.99. The van der Waals surface area contributed by atoms with Crippen LogP contribution in [-0.2, 0) is 14.4 Å². The first-order valence-electron chi connectivity index (χ1n) is 8.94. The molecule has 0 saturated carbocycles. The summed E-state index contributed by atoms with van der Waals surface area (Å²) in [6, 6.07) is -1.18. The number of carboxylic acid groups (broad SMARTS) is 1. The molecule has 2 unspecified atom stereocenters. The minimum Gasteiger partial charge on any atom is -0.506 e. The van der Waals surface area contributed by atoms with Crippen LogP contribution in [0.25, 0.3) is 5.53 Å². The van der Waals surface area contributed by atoms with E-state index in [0.29, 0.717) is 37.9 Å². The number of ketones is 2. The predicted octanol–water partition coefficient (Wildman–Crippen LogP) is 3.50. The first-order valence-corrected chi connectivity index (χ1v) is 10.1. The normalized spacial score (nSPS) is 21.4. The number of piperidine rings is 1. The summed E-state index contributed by atoms with van der Waals surface area (Å²) < 4.78 is 0.991. The van der Waals surface area contributed by atoms with Crippen molar-refractivity contribution in [2.75, 3.05) is 11.5 Å². The predicted molar refractivity (Wildman–Crippen MR) is 97.9 cm³/mol. The molecule has 1 heterocycles. The average molecular weight is 371 g/mol. The molecule has 0 spiro atoms. The summed E-state index contributed by atoms with van der Waals surface area (Å²) in [5, 5.41) is 8.58. The highest BCUT2D eigenvalue weighted by Gasteiger charge is 2.40. The van der Waals surface area contributed by atoms with Gasteiger partial charge in [0.25, 0.3) is 0 Å². The summed E-state index contributed by atoms with van der Waals surface area (Å²) in [6.07, 6.45) is 3.29. The van der Waals surface area contributed by atoms with Crippen LogP contribution in [0.15, 0.2) is 0 Å². The van der Waals surface area contributed by atoms with E-state index in [2.05, 4.69) is 0 Å². The fourth-order valence-electron chi connectivity index (χ4n) is 2.96. The van der Waals surface area contributed by atoms with E-state index in [9.17, 15) is 19.9 Å². The van der Waals surface area contributed by atoms with Crippen molar-refractivity contribution in [1.29, 1.82) is 0 Å². The van der Waals surface area contributed by atoms with E-state index >= 15 is 0 Å². The quantitative estimate of drug-likeness (QED) is 0.469. The summed E-state index contributed by atoms with van der Waals surface area (Å²) in [5.74, 6) is 0.759. The van der Waals surface area contributed by atoms with Gasteiger partial charge in [-0.05, 0) is 24.0 Å². The summed E-state index contributed by atoms with van der Waals surface area (Å²) in [7, 11) is 0. The van der Waals surface area contributed by atoms with Crippen molar-refractivity contribution in [2.24, 2.45) is 5.41 Å². The van der Waals surface area contributed by atoms with Gasteiger partial charge in [-0.15, -0.1) is 0 Å². The third kappa shape index (κ3) is 8.12. The topological polar surface area (TPSA) is 96.8 Å². The molecular weight excluding hydrogens is 340 g/mol. The fourth-order valence-corrected chi connectivity index (χ4v) is 3.96. The van der Waals surface area contributed by atoms with Gasteiger partial charge >= 0.3 is 5.97 Å². The van der Waals surface area contributed by atoms with Crippen molar-refractivity contribution < 1.29 is 24.2 Å². The fraction of sp³-hybridized carbons (Fsp3) is 0.833. The number of carbonyl (C=O) groups excluding carboxylic acids is 2. The third-order valence-electron chi connectivity index (χ3n) is 4.22. The molecule has 6 nitrogen and oxygen atoms in total. The lowest BCUT2D eigenvalue weighted by Crippen LogP contribution is -2.48. The van der Waals surface area contributed by atoms with E-state index in [4.69, 9.17) is 5.11 Å². The lowest BCUT2D eigenvalue weighted by Gasteiger charge is -2.30. The van der Waals surface area contributed by atoms with Gasteiger partial charge in [-0.2, -0.15) is 11.8 Å². The Labute approximate surface area is 154 Å². The lowest BCUT2D eigenvalue weighted by molar-refractivity contribution is -0.601. The zero-order valence-corrected chi connectivity index (χ0v) is 16.3. The van der Waals surface area contributed by atoms with Gasteiger partial charge in [-0.3, -0.25) is 14.4 Å².